The van der Waals surface area contributed by atoms with Gasteiger partial charge >= 0.3 is 0 Å². The highest BCUT2D eigenvalue weighted by Crippen LogP contribution is 2.20. The number of aliphatic hydroxyl groups excluding tert-OH is 1. The van der Waals surface area contributed by atoms with Gasteiger partial charge in [0.2, 0.25) is 0 Å². The summed E-state index contributed by atoms with van der Waals surface area (Å²) in [6.45, 7) is 10.7. The van der Waals surface area contributed by atoms with Crippen molar-refractivity contribution >= 4 is 0 Å². The zero-order chi connectivity index (χ0) is 24.3. The molecule has 0 rings (SSSR count). The first-order valence-electron chi connectivity index (χ1n) is 14.6. The molecule has 0 saturated carbocycles. The predicted octanol–water partition coefficient (Wildman–Crippen LogP) is 8.10. The minimum absolute atomic E-state index is 0.0521. The molecule has 0 aliphatic heterocycles. The van der Waals surface area contributed by atoms with Crippen LogP contribution < -0.4 is 0 Å². The maximum atomic E-state index is 10.2. The second-order valence-electron chi connectivity index (χ2n) is 10.1. The molecule has 0 amide bonds. The molecule has 0 fully saturated rings. The summed E-state index contributed by atoms with van der Waals surface area (Å²) in [7, 11) is 0. The van der Waals surface area contributed by atoms with Gasteiger partial charge in [0.1, 0.15) is 0 Å². The number of hydrogen-bond acceptors (Lipinski definition) is 4. The van der Waals surface area contributed by atoms with E-state index < -0.39 is 5.41 Å². The van der Waals surface area contributed by atoms with E-state index in [2.05, 4.69) is 20.8 Å². The highest BCUT2D eigenvalue weighted by Gasteiger charge is 2.31. The number of aliphatic hydroxyl groups is 1. The van der Waals surface area contributed by atoms with E-state index in [1.165, 1.54) is 96.3 Å². The Hall–Kier alpha value is -0.160. The summed E-state index contributed by atoms with van der Waals surface area (Å²) in [6.07, 6.45) is 22.7. The molecule has 0 unspecified atom stereocenters. The average Bonchev–Trinajstić information content (AvgIpc) is 2.83. The normalized spacial score (nSPS) is 12.0. The fraction of sp³-hybridized carbons (Fsp3) is 1.00. The van der Waals surface area contributed by atoms with E-state index in [0.29, 0.717) is 19.8 Å². The molecule has 0 heterocycles. The Balaban J connectivity index is 4.23. The van der Waals surface area contributed by atoms with E-state index in [0.717, 1.165) is 39.1 Å². The number of hydrogen-bond donors (Lipinski definition) is 1. The molecular formula is C29H60O4. The Kier molecular flexibility index (Phi) is 26.3. The molecule has 33 heavy (non-hydrogen) atoms. The zero-order valence-electron chi connectivity index (χ0n) is 22.8. The van der Waals surface area contributed by atoms with Crippen LogP contribution in [-0.4, -0.2) is 51.4 Å². The lowest BCUT2D eigenvalue weighted by Crippen LogP contribution is -2.41. The van der Waals surface area contributed by atoms with Crippen LogP contribution in [-0.2, 0) is 14.2 Å². The van der Waals surface area contributed by atoms with Gasteiger partial charge in [-0.2, -0.15) is 0 Å². The summed E-state index contributed by atoms with van der Waals surface area (Å²) in [6, 6.07) is 0. The minimum atomic E-state index is -0.438. The topological polar surface area (TPSA) is 47.9 Å². The van der Waals surface area contributed by atoms with Crippen LogP contribution in [0.25, 0.3) is 0 Å². The molecule has 0 aromatic carbocycles. The highest BCUT2D eigenvalue weighted by molar-refractivity contribution is 4.78. The van der Waals surface area contributed by atoms with Crippen LogP contribution in [0.15, 0.2) is 0 Å². The van der Waals surface area contributed by atoms with Gasteiger partial charge in [0.15, 0.2) is 0 Å². The molecule has 0 atom stereocenters. The molecule has 4 heteroatoms. The third-order valence-corrected chi connectivity index (χ3v) is 6.49. The molecule has 0 bridgehead atoms. The minimum Gasteiger partial charge on any atom is -0.396 e. The van der Waals surface area contributed by atoms with Crippen LogP contribution >= 0.6 is 0 Å². The lowest BCUT2D eigenvalue weighted by Gasteiger charge is -2.31. The van der Waals surface area contributed by atoms with Crippen molar-refractivity contribution in [3.8, 4) is 0 Å². The van der Waals surface area contributed by atoms with Crippen molar-refractivity contribution in [2.45, 2.75) is 136 Å². The summed E-state index contributed by atoms with van der Waals surface area (Å²) in [5.74, 6) is 0. The first-order chi connectivity index (χ1) is 16.2. The van der Waals surface area contributed by atoms with E-state index in [9.17, 15) is 5.11 Å². The molecule has 0 aliphatic rings. The standard InChI is InChI=1S/C29H60O4/c1-4-7-10-13-16-19-22-31-26-29(25-30,27-32-23-20-17-14-11-8-5-2)28-33-24-21-18-15-12-9-6-3/h30H,4-28H2,1-3H3. The lowest BCUT2D eigenvalue weighted by molar-refractivity contribution is -0.0937. The Labute approximate surface area is 207 Å². The van der Waals surface area contributed by atoms with Crippen LogP contribution in [0.5, 0.6) is 0 Å². The molecule has 0 aromatic rings. The van der Waals surface area contributed by atoms with Gasteiger partial charge in [0.25, 0.3) is 0 Å². The first-order valence-corrected chi connectivity index (χ1v) is 14.6. The molecule has 0 saturated heterocycles. The molecule has 0 spiro atoms. The summed E-state index contributed by atoms with van der Waals surface area (Å²) in [5.41, 5.74) is -0.438. The Morgan fingerprint density at radius 1 is 0.424 bits per heavy atom. The molecule has 0 radical (unpaired) electrons. The summed E-state index contributed by atoms with van der Waals surface area (Å²) < 4.78 is 18.1. The maximum absolute atomic E-state index is 10.2. The van der Waals surface area contributed by atoms with Crippen molar-refractivity contribution in [2.75, 3.05) is 46.2 Å². The molecular weight excluding hydrogens is 412 g/mol. The van der Waals surface area contributed by atoms with Crippen molar-refractivity contribution < 1.29 is 19.3 Å². The zero-order valence-corrected chi connectivity index (χ0v) is 22.8. The van der Waals surface area contributed by atoms with Gasteiger partial charge in [-0.3, -0.25) is 0 Å². The molecule has 4 nitrogen and oxygen atoms in total. The predicted molar refractivity (Wildman–Crippen MR) is 142 cm³/mol. The number of unbranched alkanes of at least 4 members (excludes halogenated alkanes) is 15. The lowest BCUT2D eigenvalue weighted by atomic mass is 9.92. The van der Waals surface area contributed by atoms with Gasteiger partial charge in [-0.25, -0.2) is 0 Å². The Bertz CT molecular complexity index is 311. The van der Waals surface area contributed by atoms with Crippen molar-refractivity contribution in [2.24, 2.45) is 5.41 Å². The number of rotatable bonds is 28. The highest BCUT2D eigenvalue weighted by atomic mass is 16.5. The SMILES string of the molecule is CCCCCCCCOCC(CO)(COCCCCCCCC)COCCCCCCCC. The van der Waals surface area contributed by atoms with E-state index in [4.69, 9.17) is 14.2 Å². The van der Waals surface area contributed by atoms with Gasteiger partial charge in [-0.05, 0) is 19.3 Å². The van der Waals surface area contributed by atoms with Crippen LogP contribution in [0.2, 0.25) is 0 Å². The van der Waals surface area contributed by atoms with Crippen LogP contribution in [0, 0.1) is 5.41 Å². The molecule has 0 aliphatic carbocycles. The van der Waals surface area contributed by atoms with Crippen LogP contribution in [0.1, 0.15) is 136 Å². The smallest absolute Gasteiger partial charge is 0.0635 e. The van der Waals surface area contributed by atoms with Gasteiger partial charge in [0, 0.05) is 19.8 Å². The van der Waals surface area contributed by atoms with Gasteiger partial charge < -0.3 is 19.3 Å². The quantitative estimate of drug-likeness (QED) is 0.117. The van der Waals surface area contributed by atoms with Crippen LogP contribution in [0.4, 0.5) is 0 Å². The third-order valence-electron chi connectivity index (χ3n) is 6.49. The summed E-state index contributed by atoms with van der Waals surface area (Å²) >= 11 is 0. The van der Waals surface area contributed by atoms with E-state index in [1.54, 1.807) is 0 Å². The van der Waals surface area contributed by atoms with Gasteiger partial charge in [-0.1, -0.05) is 117 Å². The van der Waals surface area contributed by atoms with Crippen molar-refractivity contribution in [3.05, 3.63) is 0 Å². The Morgan fingerprint density at radius 2 is 0.697 bits per heavy atom. The summed E-state index contributed by atoms with van der Waals surface area (Å²) in [4.78, 5) is 0. The van der Waals surface area contributed by atoms with Crippen LogP contribution in [0.3, 0.4) is 0 Å². The third kappa shape index (κ3) is 22.1. The first kappa shape index (κ1) is 32.8. The largest absolute Gasteiger partial charge is 0.396 e. The van der Waals surface area contributed by atoms with Crippen molar-refractivity contribution in [1.82, 2.24) is 0 Å². The van der Waals surface area contributed by atoms with E-state index in [-0.39, 0.29) is 6.61 Å². The average molecular weight is 473 g/mol. The fourth-order valence-corrected chi connectivity index (χ4v) is 4.08. The maximum Gasteiger partial charge on any atom is 0.0635 e. The van der Waals surface area contributed by atoms with Crippen molar-refractivity contribution in [1.29, 1.82) is 0 Å². The summed E-state index contributed by atoms with van der Waals surface area (Å²) in [5, 5.41) is 10.2. The van der Waals surface area contributed by atoms with E-state index in [1.807, 2.05) is 0 Å². The monoisotopic (exact) mass is 472 g/mol. The number of ether oxygens (including phenoxy) is 3. The van der Waals surface area contributed by atoms with E-state index >= 15 is 0 Å². The molecule has 0 aromatic heterocycles. The fourth-order valence-electron chi connectivity index (χ4n) is 4.08. The molecule has 1 N–H and O–H groups in total. The molecule has 200 valence electrons. The second kappa shape index (κ2) is 26.4. The van der Waals surface area contributed by atoms with Gasteiger partial charge in [-0.15, -0.1) is 0 Å². The second-order valence-corrected chi connectivity index (χ2v) is 10.1. The van der Waals surface area contributed by atoms with Crippen molar-refractivity contribution in [3.63, 3.8) is 0 Å². The Morgan fingerprint density at radius 3 is 0.970 bits per heavy atom. The van der Waals surface area contributed by atoms with Gasteiger partial charge in [0.05, 0.1) is 31.8 Å².